The molecular weight excluding hydrogens is 309 g/mol. The molecule has 2 aromatic rings. The molecule has 0 aromatic heterocycles. The van der Waals surface area contributed by atoms with Crippen LogP contribution >= 0.6 is 23.2 Å². The largest absolute Gasteiger partial charge is 0.455 e. The predicted molar refractivity (Wildman–Crippen MR) is 86.9 cm³/mol. The van der Waals surface area contributed by atoms with E-state index in [1.54, 1.807) is 18.2 Å². The molecule has 6 heteroatoms. The molecule has 2 N–H and O–H groups in total. The highest BCUT2D eigenvalue weighted by molar-refractivity contribution is 6.34. The van der Waals surface area contributed by atoms with E-state index in [9.17, 15) is 0 Å². The van der Waals surface area contributed by atoms with Gasteiger partial charge in [0.05, 0.1) is 12.2 Å². The van der Waals surface area contributed by atoms with Gasteiger partial charge in [-0.25, -0.2) is 0 Å². The van der Waals surface area contributed by atoms with Crippen molar-refractivity contribution in [3.05, 3.63) is 52.5 Å². The minimum atomic E-state index is 0.532. The monoisotopic (exact) mass is 321 g/mol. The fourth-order valence-corrected chi connectivity index (χ4v) is 2.49. The van der Waals surface area contributed by atoms with Crippen LogP contribution in [0.2, 0.25) is 10.0 Å². The average Bonchev–Trinajstić information content (AvgIpc) is 2.93. The molecule has 1 heterocycles. The van der Waals surface area contributed by atoms with E-state index in [-0.39, 0.29) is 0 Å². The minimum absolute atomic E-state index is 0.532. The maximum atomic E-state index is 5.98. The second-order valence-electron chi connectivity index (χ2n) is 4.49. The molecule has 0 saturated carbocycles. The number of anilines is 1. The van der Waals surface area contributed by atoms with Crippen molar-refractivity contribution in [2.45, 2.75) is 0 Å². The SMILES string of the molecule is Clc1cc(Cl)cc(Oc2ccccc2NC2=NCCN2)c1. The number of ether oxygens (including phenoxy) is 1. The average molecular weight is 322 g/mol. The molecule has 0 spiro atoms. The van der Waals surface area contributed by atoms with E-state index in [1.165, 1.54) is 0 Å². The molecule has 108 valence electrons. The molecule has 4 nitrogen and oxygen atoms in total. The third-order valence-electron chi connectivity index (χ3n) is 2.88. The first-order valence-corrected chi connectivity index (χ1v) is 7.24. The van der Waals surface area contributed by atoms with E-state index in [0.29, 0.717) is 21.5 Å². The molecule has 1 aliphatic rings. The van der Waals surface area contributed by atoms with Crippen molar-refractivity contribution >= 4 is 34.8 Å². The Morgan fingerprint density at radius 1 is 1.10 bits per heavy atom. The van der Waals surface area contributed by atoms with Crippen LogP contribution in [0.1, 0.15) is 0 Å². The predicted octanol–water partition coefficient (Wildman–Crippen LogP) is 4.16. The van der Waals surface area contributed by atoms with Crippen molar-refractivity contribution in [3.8, 4) is 11.5 Å². The number of rotatable bonds is 3. The molecule has 1 aliphatic heterocycles. The topological polar surface area (TPSA) is 45.6 Å². The summed E-state index contributed by atoms with van der Waals surface area (Å²) in [6.45, 7) is 1.62. The Kier molecular flexibility index (Phi) is 4.18. The summed E-state index contributed by atoms with van der Waals surface area (Å²) >= 11 is 12.0. The van der Waals surface area contributed by atoms with Gasteiger partial charge in [-0.1, -0.05) is 35.3 Å². The lowest BCUT2D eigenvalue weighted by molar-refractivity contribution is 0.485. The number of hydrogen-bond donors (Lipinski definition) is 2. The minimum Gasteiger partial charge on any atom is -0.455 e. The summed E-state index contributed by atoms with van der Waals surface area (Å²) < 4.78 is 5.87. The van der Waals surface area contributed by atoms with Gasteiger partial charge < -0.3 is 15.4 Å². The Labute approximate surface area is 132 Å². The molecule has 2 aromatic carbocycles. The first-order chi connectivity index (χ1) is 10.2. The molecule has 0 amide bonds. The van der Waals surface area contributed by atoms with Crippen molar-refractivity contribution in [2.24, 2.45) is 4.99 Å². The fourth-order valence-electron chi connectivity index (χ4n) is 1.98. The van der Waals surface area contributed by atoms with Crippen LogP contribution in [0.3, 0.4) is 0 Å². The Morgan fingerprint density at radius 3 is 2.57 bits per heavy atom. The van der Waals surface area contributed by atoms with E-state index in [1.807, 2.05) is 24.3 Å². The lowest BCUT2D eigenvalue weighted by Crippen LogP contribution is -2.26. The summed E-state index contributed by atoms with van der Waals surface area (Å²) in [6, 6.07) is 12.7. The van der Waals surface area contributed by atoms with Gasteiger partial charge in [-0.15, -0.1) is 0 Å². The summed E-state index contributed by atoms with van der Waals surface area (Å²) in [5, 5.41) is 7.43. The Bertz CT molecular complexity index is 668. The maximum Gasteiger partial charge on any atom is 0.196 e. The highest BCUT2D eigenvalue weighted by Crippen LogP contribution is 2.32. The molecule has 3 rings (SSSR count). The first-order valence-electron chi connectivity index (χ1n) is 6.49. The Hall–Kier alpha value is -1.91. The van der Waals surface area contributed by atoms with Crippen LogP contribution in [-0.4, -0.2) is 19.0 Å². The zero-order valence-corrected chi connectivity index (χ0v) is 12.6. The lowest BCUT2D eigenvalue weighted by atomic mass is 10.3. The molecule has 0 radical (unpaired) electrons. The lowest BCUT2D eigenvalue weighted by Gasteiger charge is -2.13. The van der Waals surface area contributed by atoms with E-state index in [4.69, 9.17) is 27.9 Å². The van der Waals surface area contributed by atoms with Crippen molar-refractivity contribution in [3.63, 3.8) is 0 Å². The highest BCUT2D eigenvalue weighted by Gasteiger charge is 2.10. The third kappa shape index (κ3) is 3.60. The number of hydrogen-bond acceptors (Lipinski definition) is 4. The van der Waals surface area contributed by atoms with E-state index in [0.717, 1.165) is 24.7 Å². The number of nitrogens with one attached hydrogen (secondary N) is 2. The second-order valence-corrected chi connectivity index (χ2v) is 5.36. The van der Waals surface area contributed by atoms with Gasteiger partial charge in [-0.2, -0.15) is 0 Å². The van der Waals surface area contributed by atoms with Gasteiger partial charge in [-0.3, -0.25) is 4.99 Å². The van der Waals surface area contributed by atoms with Crippen LogP contribution in [0.25, 0.3) is 0 Å². The van der Waals surface area contributed by atoms with E-state index < -0.39 is 0 Å². The van der Waals surface area contributed by atoms with E-state index >= 15 is 0 Å². The van der Waals surface area contributed by atoms with Crippen LogP contribution in [0, 0.1) is 0 Å². The summed E-state index contributed by atoms with van der Waals surface area (Å²) in [5.74, 6) is 2.01. The summed E-state index contributed by atoms with van der Waals surface area (Å²) in [7, 11) is 0. The Morgan fingerprint density at radius 2 is 1.86 bits per heavy atom. The molecule has 0 saturated heterocycles. The molecule has 0 atom stereocenters. The van der Waals surface area contributed by atoms with Gasteiger partial charge in [0.1, 0.15) is 5.75 Å². The van der Waals surface area contributed by atoms with Gasteiger partial charge in [0.15, 0.2) is 11.7 Å². The number of halogens is 2. The molecule has 0 bridgehead atoms. The number of nitrogens with zero attached hydrogens (tertiary/aromatic N) is 1. The molecular formula is C15H13Cl2N3O. The quantitative estimate of drug-likeness (QED) is 0.892. The molecule has 0 unspecified atom stereocenters. The van der Waals surface area contributed by atoms with Crippen LogP contribution in [0.5, 0.6) is 11.5 Å². The number of aliphatic imine (C=N–C) groups is 1. The zero-order valence-electron chi connectivity index (χ0n) is 11.1. The van der Waals surface area contributed by atoms with Gasteiger partial charge in [0, 0.05) is 16.6 Å². The van der Waals surface area contributed by atoms with Crippen molar-refractivity contribution in [2.75, 3.05) is 18.4 Å². The van der Waals surface area contributed by atoms with Gasteiger partial charge in [-0.05, 0) is 30.3 Å². The highest BCUT2D eigenvalue weighted by atomic mass is 35.5. The van der Waals surface area contributed by atoms with Crippen LogP contribution in [-0.2, 0) is 0 Å². The van der Waals surface area contributed by atoms with Crippen molar-refractivity contribution in [1.29, 1.82) is 0 Å². The van der Waals surface area contributed by atoms with Gasteiger partial charge >= 0.3 is 0 Å². The zero-order chi connectivity index (χ0) is 14.7. The fraction of sp³-hybridized carbons (Fsp3) is 0.133. The van der Waals surface area contributed by atoms with E-state index in [2.05, 4.69) is 15.6 Å². The summed E-state index contributed by atoms with van der Waals surface area (Å²) in [6.07, 6.45) is 0. The van der Waals surface area contributed by atoms with Crippen LogP contribution in [0.4, 0.5) is 5.69 Å². The smallest absolute Gasteiger partial charge is 0.196 e. The standard InChI is InChI=1S/C15H13Cl2N3O/c16-10-7-11(17)9-12(8-10)21-14-4-2-1-3-13(14)20-15-18-5-6-19-15/h1-4,7-9H,5-6H2,(H2,18,19,20). The van der Waals surface area contributed by atoms with Crippen molar-refractivity contribution < 1.29 is 4.74 Å². The summed E-state index contributed by atoms with van der Waals surface area (Å²) in [4.78, 5) is 4.30. The van der Waals surface area contributed by atoms with Gasteiger partial charge in [0.25, 0.3) is 0 Å². The molecule has 21 heavy (non-hydrogen) atoms. The molecule has 0 aliphatic carbocycles. The number of benzene rings is 2. The normalized spacial score (nSPS) is 13.5. The third-order valence-corrected chi connectivity index (χ3v) is 3.31. The Balaban J connectivity index is 1.84. The summed E-state index contributed by atoms with van der Waals surface area (Å²) in [5.41, 5.74) is 0.821. The van der Waals surface area contributed by atoms with Crippen LogP contribution < -0.4 is 15.4 Å². The first kappa shape index (κ1) is 14.0. The van der Waals surface area contributed by atoms with Crippen LogP contribution in [0.15, 0.2) is 47.5 Å². The van der Waals surface area contributed by atoms with Crippen molar-refractivity contribution in [1.82, 2.24) is 5.32 Å². The van der Waals surface area contributed by atoms with Gasteiger partial charge in [0.2, 0.25) is 0 Å². The molecule has 0 fully saturated rings. The maximum absolute atomic E-state index is 5.98. The number of guanidine groups is 1. The number of para-hydroxylation sites is 2. The second kappa shape index (κ2) is 6.24.